The standard InChI is InChI=1S/C17H22N2O4/c1-5-22-15(20)13-11-12(8-9-14(13)18)7-6-10-19-16(21)23-17(2,3)4/h8-9,11H,5,10,18H2,1-4H3,(H,19,21). The fraction of sp³-hybridized carbons (Fsp3) is 0.412. The van der Waals surface area contributed by atoms with Crippen LogP contribution in [0.25, 0.3) is 0 Å². The van der Waals surface area contributed by atoms with Crippen LogP contribution in [-0.2, 0) is 9.47 Å². The first-order chi connectivity index (χ1) is 10.7. The summed E-state index contributed by atoms with van der Waals surface area (Å²) in [5.74, 6) is 5.14. The average molecular weight is 318 g/mol. The van der Waals surface area contributed by atoms with Crippen LogP contribution in [0.2, 0.25) is 0 Å². The number of nitrogens with two attached hydrogens (primary N) is 1. The van der Waals surface area contributed by atoms with E-state index >= 15 is 0 Å². The predicted molar refractivity (Wildman–Crippen MR) is 87.9 cm³/mol. The number of benzene rings is 1. The molecule has 6 heteroatoms. The molecule has 23 heavy (non-hydrogen) atoms. The molecule has 0 atom stereocenters. The van der Waals surface area contributed by atoms with Gasteiger partial charge in [0.25, 0.3) is 0 Å². The van der Waals surface area contributed by atoms with Crippen LogP contribution in [-0.4, -0.2) is 30.8 Å². The summed E-state index contributed by atoms with van der Waals surface area (Å²) in [5.41, 5.74) is 6.41. The van der Waals surface area contributed by atoms with Gasteiger partial charge in [-0.25, -0.2) is 9.59 Å². The Morgan fingerprint density at radius 2 is 2.00 bits per heavy atom. The number of ether oxygens (including phenoxy) is 2. The van der Waals surface area contributed by atoms with Gasteiger partial charge in [0, 0.05) is 11.3 Å². The summed E-state index contributed by atoms with van der Waals surface area (Å²) in [6.45, 7) is 7.47. The van der Waals surface area contributed by atoms with Gasteiger partial charge >= 0.3 is 12.1 Å². The summed E-state index contributed by atoms with van der Waals surface area (Å²) < 4.78 is 10.0. The number of anilines is 1. The van der Waals surface area contributed by atoms with Gasteiger partial charge in [0.05, 0.1) is 18.7 Å². The molecule has 3 N–H and O–H groups in total. The van der Waals surface area contributed by atoms with Gasteiger partial charge in [0.2, 0.25) is 0 Å². The van der Waals surface area contributed by atoms with Gasteiger partial charge in [-0.3, -0.25) is 0 Å². The number of carbonyl (C=O) groups excluding carboxylic acids is 2. The number of nitrogens with one attached hydrogen (secondary N) is 1. The third-order valence-electron chi connectivity index (χ3n) is 2.50. The zero-order valence-corrected chi connectivity index (χ0v) is 13.9. The Hall–Kier alpha value is -2.68. The highest BCUT2D eigenvalue weighted by Crippen LogP contribution is 2.15. The quantitative estimate of drug-likeness (QED) is 0.507. The van der Waals surface area contributed by atoms with Gasteiger partial charge in [-0.1, -0.05) is 11.8 Å². The Morgan fingerprint density at radius 1 is 1.30 bits per heavy atom. The normalized spacial score (nSPS) is 10.3. The van der Waals surface area contributed by atoms with Crippen LogP contribution >= 0.6 is 0 Å². The molecule has 1 aromatic carbocycles. The third kappa shape index (κ3) is 6.74. The number of alkyl carbamates (subject to hydrolysis) is 1. The fourth-order valence-electron chi connectivity index (χ4n) is 1.60. The monoisotopic (exact) mass is 318 g/mol. The molecule has 1 aromatic rings. The van der Waals surface area contributed by atoms with Gasteiger partial charge < -0.3 is 20.5 Å². The van der Waals surface area contributed by atoms with Crippen molar-refractivity contribution >= 4 is 17.7 Å². The maximum absolute atomic E-state index is 11.7. The molecule has 0 heterocycles. The van der Waals surface area contributed by atoms with Crippen molar-refractivity contribution in [1.29, 1.82) is 0 Å². The van der Waals surface area contributed by atoms with Crippen molar-refractivity contribution in [1.82, 2.24) is 5.32 Å². The fourth-order valence-corrected chi connectivity index (χ4v) is 1.60. The van der Waals surface area contributed by atoms with E-state index in [0.29, 0.717) is 11.3 Å². The van der Waals surface area contributed by atoms with Crippen molar-refractivity contribution in [2.24, 2.45) is 0 Å². The largest absolute Gasteiger partial charge is 0.462 e. The first kappa shape index (κ1) is 18.4. The smallest absolute Gasteiger partial charge is 0.408 e. The molecule has 0 aliphatic rings. The van der Waals surface area contributed by atoms with E-state index in [0.717, 1.165) is 0 Å². The van der Waals surface area contributed by atoms with Crippen molar-refractivity contribution in [2.45, 2.75) is 33.3 Å². The van der Waals surface area contributed by atoms with Crippen LogP contribution in [0.4, 0.5) is 10.5 Å². The molecule has 1 rings (SSSR count). The number of carbonyl (C=O) groups is 2. The van der Waals surface area contributed by atoms with Gasteiger partial charge in [-0.15, -0.1) is 0 Å². The lowest BCUT2D eigenvalue weighted by Crippen LogP contribution is -2.32. The molecular formula is C17H22N2O4. The second-order valence-corrected chi connectivity index (χ2v) is 5.68. The van der Waals surface area contributed by atoms with Crippen LogP contribution in [0.1, 0.15) is 43.6 Å². The topological polar surface area (TPSA) is 90.6 Å². The minimum atomic E-state index is -0.553. The Bertz CT molecular complexity index is 636. The van der Waals surface area contributed by atoms with E-state index in [1.54, 1.807) is 45.9 Å². The van der Waals surface area contributed by atoms with E-state index in [1.165, 1.54) is 0 Å². The minimum absolute atomic E-state index is 0.133. The highest BCUT2D eigenvalue weighted by molar-refractivity contribution is 5.95. The first-order valence-electron chi connectivity index (χ1n) is 7.25. The molecular weight excluding hydrogens is 296 g/mol. The van der Waals surface area contributed by atoms with E-state index in [4.69, 9.17) is 15.2 Å². The van der Waals surface area contributed by atoms with Crippen LogP contribution in [0.5, 0.6) is 0 Å². The molecule has 0 bridgehead atoms. The molecule has 0 saturated carbocycles. The Labute approximate surface area is 136 Å². The summed E-state index contributed by atoms with van der Waals surface area (Å²) in [5, 5.41) is 2.53. The summed E-state index contributed by atoms with van der Waals surface area (Å²) >= 11 is 0. The maximum Gasteiger partial charge on any atom is 0.408 e. The van der Waals surface area contributed by atoms with Gasteiger partial charge in [0.1, 0.15) is 5.60 Å². The molecule has 0 unspecified atom stereocenters. The number of esters is 1. The molecule has 124 valence electrons. The molecule has 0 radical (unpaired) electrons. The van der Waals surface area contributed by atoms with E-state index < -0.39 is 17.7 Å². The van der Waals surface area contributed by atoms with Crippen molar-refractivity contribution in [3.8, 4) is 11.8 Å². The summed E-state index contributed by atoms with van der Waals surface area (Å²) in [6.07, 6.45) is -0.531. The van der Waals surface area contributed by atoms with E-state index in [1.807, 2.05) is 0 Å². The van der Waals surface area contributed by atoms with Crippen molar-refractivity contribution in [3.05, 3.63) is 29.3 Å². The Morgan fingerprint density at radius 3 is 2.61 bits per heavy atom. The number of rotatable bonds is 3. The lowest BCUT2D eigenvalue weighted by molar-refractivity contribution is 0.0520. The first-order valence-corrected chi connectivity index (χ1v) is 7.25. The lowest BCUT2D eigenvalue weighted by Gasteiger charge is -2.19. The Balaban J connectivity index is 2.67. The molecule has 0 saturated heterocycles. The highest BCUT2D eigenvalue weighted by atomic mass is 16.6. The number of hydrogen-bond acceptors (Lipinski definition) is 5. The molecule has 0 aliphatic heterocycles. The molecule has 0 spiro atoms. The summed E-state index contributed by atoms with van der Waals surface area (Å²) in [6, 6.07) is 4.85. The summed E-state index contributed by atoms with van der Waals surface area (Å²) in [7, 11) is 0. The third-order valence-corrected chi connectivity index (χ3v) is 2.50. The number of hydrogen-bond donors (Lipinski definition) is 2. The predicted octanol–water partition coefficient (Wildman–Crippen LogP) is 2.32. The Kier molecular flexibility index (Phi) is 6.46. The summed E-state index contributed by atoms with van der Waals surface area (Å²) in [4.78, 5) is 23.2. The molecule has 0 aromatic heterocycles. The van der Waals surface area contributed by atoms with Gasteiger partial charge in [0.15, 0.2) is 0 Å². The number of nitrogen functional groups attached to an aromatic ring is 1. The molecule has 0 aliphatic carbocycles. The SMILES string of the molecule is CCOC(=O)c1cc(C#CCNC(=O)OC(C)(C)C)ccc1N. The van der Waals surface area contributed by atoms with Gasteiger partial charge in [-0.2, -0.15) is 0 Å². The zero-order valence-electron chi connectivity index (χ0n) is 13.9. The minimum Gasteiger partial charge on any atom is -0.462 e. The molecule has 1 amide bonds. The molecule has 6 nitrogen and oxygen atoms in total. The zero-order chi connectivity index (χ0) is 17.5. The van der Waals surface area contributed by atoms with E-state index in [-0.39, 0.29) is 18.7 Å². The van der Waals surface area contributed by atoms with E-state index in [2.05, 4.69) is 17.2 Å². The van der Waals surface area contributed by atoms with Crippen molar-refractivity contribution in [2.75, 3.05) is 18.9 Å². The highest BCUT2D eigenvalue weighted by Gasteiger charge is 2.15. The van der Waals surface area contributed by atoms with Crippen LogP contribution in [0, 0.1) is 11.8 Å². The average Bonchev–Trinajstić information content (AvgIpc) is 2.43. The lowest BCUT2D eigenvalue weighted by atomic mass is 10.1. The van der Waals surface area contributed by atoms with Crippen molar-refractivity contribution in [3.63, 3.8) is 0 Å². The van der Waals surface area contributed by atoms with E-state index in [9.17, 15) is 9.59 Å². The second kappa shape index (κ2) is 8.08. The van der Waals surface area contributed by atoms with Crippen molar-refractivity contribution < 1.29 is 19.1 Å². The molecule has 0 fully saturated rings. The second-order valence-electron chi connectivity index (χ2n) is 5.68. The van der Waals surface area contributed by atoms with Crippen LogP contribution < -0.4 is 11.1 Å². The van der Waals surface area contributed by atoms with Crippen LogP contribution in [0.3, 0.4) is 0 Å². The maximum atomic E-state index is 11.7. The number of amides is 1. The van der Waals surface area contributed by atoms with Crippen LogP contribution in [0.15, 0.2) is 18.2 Å². The van der Waals surface area contributed by atoms with Gasteiger partial charge in [-0.05, 0) is 45.9 Å².